The third-order valence-electron chi connectivity index (χ3n) is 4.31. The summed E-state index contributed by atoms with van der Waals surface area (Å²) in [5.41, 5.74) is 0.470. The number of likely N-dealkylation sites (tertiary alicyclic amines) is 1. The molecule has 0 saturated carbocycles. The Hall–Kier alpha value is -3.74. The average Bonchev–Trinajstić information content (AvgIpc) is 2.93. The maximum atomic E-state index is 12.6. The van der Waals surface area contributed by atoms with Crippen molar-refractivity contribution in [2.45, 2.75) is 6.04 Å². The van der Waals surface area contributed by atoms with Crippen LogP contribution >= 0.6 is 0 Å². The largest absolute Gasteiger partial charge is 0.507 e. The first-order chi connectivity index (χ1) is 13.0. The predicted octanol–water partition coefficient (Wildman–Crippen LogP) is 3.20. The molecule has 1 N–H and O–H groups in total. The lowest BCUT2D eigenvalue weighted by molar-refractivity contribution is -0.384. The van der Waals surface area contributed by atoms with Crippen molar-refractivity contribution in [2.75, 3.05) is 6.54 Å². The zero-order valence-corrected chi connectivity index (χ0v) is 14.2. The summed E-state index contributed by atoms with van der Waals surface area (Å²) in [6.07, 6.45) is 1.46. The summed E-state index contributed by atoms with van der Waals surface area (Å²) in [5, 5.41) is 21.8. The van der Waals surface area contributed by atoms with Gasteiger partial charge in [0.15, 0.2) is 0 Å². The third kappa shape index (κ3) is 3.22. The summed E-state index contributed by atoms with van der Waals surface area (Å²) in [6, 6.07) is 13.1. The average molecular weight is 364 g/mol. The molecule has 3 rings (SSSR count). The Labute approximate surface area is 155 Å². The number of carbonyl (C=O) groups excluding carboxylic acids is 2. The SMILES string of the molecule is C=CCN1C(=O)C(=O)/C(=C(/O)c2ccccc2)[C@H]1c1cccc([N+](=O)[O-])c1. The molecule has 1 fully saturated rings. The molecule has 0 aliphatic carbocycles. The molecule has 27 heavy (non-hydrogen) atoms. The Balaban J connectivity index is 2.22. The number of hydrogen-bond acceptors (Lipinski definition) is 5. The second-order valence-corrected chi connectivity index (χ2v) is 5.96. The Kier molecular flexibility index (Phi) is 4.85. The Bertz CT molecular complexity index is 965. The van der Waals surface area contributed by atoms with Gasteiger partial charge in [0.1, 0.15) is 5.76 Å². The van der Waals surface area contributed by atoms with Gasteiger partial charge in [0.05, 0.1) is 16.5 Å². The third-order valence-corrected chi connectivity index (χ3v) is 4.31. The first-order valence-corrected chi connectivity index (χ1v) is 8.14. The Morgan fingerprint density at radius 3 is 2.52 bits per heavy atom. The summed E-state index contributed by atoms with van der Waals surface area (Å²) in [6.45, 7) is 3.65. The number of Topliss-reactive ketones (excluding diaryl/α,β-unsaturated/α-hetero) is 1. The number of carbonyl (C=O) groups is 2. The second kappa shape index (κ2) is 7.25. The van der Waals surface area contributed by atoms with Crippen molar-refractivity contribution >= 4 is 23.1 Å². The number of rotatable bonds is 5. The van der Waals surface area contributed by atoms with Gasteiger partial charge in [0, 0.05) is 24.2 Å². The summed E-state index contributed by atoms with van der Waals surface area (Å²) in [7, 11) is 0. The van der Waals surface area contributed by atoms with Crippen LogP contribution in [0.4, 0.5) is 5.69 Å². The smallest absolute Gasteiger partial charge is 0.295 e. The van der Waals surface area contributed by atoms with E-state index in [4.69, 9.17) is 0 Å². The molecule has 7 nitrogen and oxygen atoms in total. The van der Waals surface area contributed by atoms with E-state index in [2.05, 4.69) is 6.58 Å². The molecule has 1 amide bonds. The van der Waals surface area contributed by atoms with Crippen LogP contribution in [0.3, 0.4) is 0 Å². The van der Waals surface area contributed by atoms with Crippen molar-refractivity contribution in [1.82, 2.24) is 4.90 Å². The molecule has 0 bridgehead atoms. The Morgan fingerprint density at radius 2 is 1.89 bits per heavy atom. The normalized spacial score (nSPS) is 18.5. The van der Waals surface area contributed by atoms with Gasteiger partial charge < -0.3 is 10.0 Å². The number of benzene rings is 2. The van der Waals surface area contributed by atoms with E-state index >= 15 is 0 Å². The highest BCUT2D eigenvalue weighted by Gasteiger charge is 2.45. The van der Waals surface area contributed by atoms with Crippen molar-refractivity contribution in [1.29, 1.82) is 0 Å². The van der Waals surface area contributed by atoms with Crippen molar-refractivity contribution in [3.8, 4) is 0 Å². The number of aliphatic hydroxyl groups excluding tert-OH is 1. The number of non-ortho nitro benzene ring substituents is 1. The molecule has 7 heteroatoms. The molecule has 0 radical (unpaired) electrons. The fourth-order valence-corrected chi connectivity index (χ4v) is 3.11. The maximum Gasteiger partial charge on any atom is 0.295 e. The van der Waals surface area contributed by atoms with Gasteiger partial charge in [0.2, 0.25) is 0 Å². The van der Waals surface area contributed by atoms with Gasteiger partial charge >= 0.3 is 0 Å². The zero-order chi connectivity index (χ0) is 19.6. The molecular weight excluding hydrogens is 348 g/mol. The number of amides is 1. The number of ketones is 1. The van der Waals surface area contributed by atoms with E-state index < -0.39 is 22.7 Å². The number of aliphatic hydroxyl groups is 1. The van der Waals surface area contributed by atoms with Gasteiger partial charge in [-0.05, 0) is 5.56 Å². The van der Waals surface area contributed by atoms with E-state index in [0.717, 1.165) is 0 Å². The van der Waals surface area contributed by atoms with Gasteiger partial charge in [-0.3, -0.25) is 19.7 Å². The quantitative estimate of drug-likeness (QED) is 0.219. The van der Waals surface area contributed by atoms with E-state index in [-0.39, 0.29) is 23.6 Å². The van der Waals surface area contributed by atoms with Crippen molar-refractivity contribution in [3.63, 3.8) is 0 Å². The molecule has 0 spiro atoms. The van der Waals surface area contributed by atoms with Gasteiger partial charge in [-0.1, -0.05) is 48.5 Å². The minimum Gasteiger partial charge on any atom is -0.507 e. The fraction of sp³-hybridized carbons (Fsp3) is 0.100. The molecular formula is C20H16N2O5. The van der Waals surface area contributed by atoms with Gasteiger partial charge in [-0.15, -0.1) is 6.58 Å². The fourth-order valence-electron chi connectivity index (χ4n) is 3.11. The predicted molar refractivity (Wildman–Crippen MR) is 98.7 cm³/mol. The minimum absolute atomic E-state index is 0.0590. The minimum atomic E-state index is -0.942. The van der Waals surface area contributed by atoms with Crippen molar-refractivity contribution in [3.05, 3.63) is 94.1 Å². The molecule has 1 aliphatic rings. The first kappa shape index (κ1) is 18.1. The van der Waals surface area contributed by atoms with E-state index in [1.165, 1.54) is 29.2 Å². The van der Waals surface area contributed by atoms with Gasteiger partial charge in [-0.2, -0.15) is 0 Å². The van der Waals surface area contributed by atoms with Crippen LogP contribution in [0.2, 0.25) is 0 Å². The summed E-state index contributed by atoms with van der Waals surface area (Å²) in [5.74, 6) is -1.95. The lowest BCUT2D eigenvalue weighted by Gasteiger charge is -2.23. The highest BCUT2D eigenvalue weighted by molar-refractivity contribution is 6.46. The molecule has 1 saturated heterocycles. The van der Waals surface area contributed by atoms with Crippen LogP contribution < -0.4 is 0 Å². The maximum absolute atomic E-state index is 12.6. The topological polar surface area (TPSA) is 101 Å². The zero-order valence-electron chi connectivity index (χ0n) is 14.2. The number of nitro benzene ring substituents is 1. The van der Waals surface area contributed by atoms with Crippen LogP contribution in [-0.2, 0) is 9.59 Å². The van der Waals surface area contributed by atoms with E-state index in [0.29, 0.717) is 11.1 Å². The highest BCUT2D eigenvalue weighted by atomic mass is 16.6. The van der Waals surface area contributed by atoms with Crippen molar-refractivity contribution < 1.29 is 19.6 Å². The van der Waals surface area contributed by atoms with E-state index in [1.54, 1.807) is 36.4 Å². The molecule has 0 aromatic heterocycles. The number of nitro groups is 1. The van der Waals surface area contributed by atoms with E-state index in [9.17, 15) is 24.8 Å². The van der Waals surface area contributed by atoms with Gasteiger partial charge in [0.25, 0.3) is 17.4 Å². The lowest BCUT2D eigenvalue weighted by atomic mass is 9.95. The lowest BCUT2D eigenvalue weighted by Crippen LogP contribution is -2.29. The molecule has 0 unspecified atom stereocenters. The van der Waals surface area contributed by atoms with Crippen LogP contribution in [-0.4, -0.2) is 33.2 Å². The monoisotopic (exact) mass is 364 g/mol. The first-order valence-electron chi connectivity index (χ1n) is 8.14. The highest BCUT2D eigenvalue weighted by Crippen LogP contribution is 2.39. The standard InChI is InChI=1S/C20H16N2O5/c1-2-11-21-17(14-9-6-10-15(12-14)22(26)27)16(19(24)20(21)25)18(23)13-7-4-3-5-8-13/h2-10,12,17,23H,1,11H2/b18-16+/t17-/m1/s1. The number of nitrogens with zero attached hydrogens (tertiary/aromatic N) is 2. The van der Waals surface area contributed by atoms with Crippen LogP contribution in [0.15, 0.2) is 72.8 Å². The molecule has 1 atom stereocenters. The molecule has 2 aromatic rings. The number of hydrogen-bond donors (Lipinski definition) is 1. The van der Waals surface area contributed by atoms with E-state index in [1.807, 2.05) is 0 Å². The van der Waals surface area contributed by atoms with Crippen LogP contribution in [0.25, 0.3) is 5.76 Å². The summed E-state index contributed by atoms with van der Waals surface area (Å²) in [4.78, 5) is 36.9. The van der Waals surface area contributed by atoms with Crippen LogP contribution in [0.5, 0.6) is 0 Å². The van der Waals surface area contributed by atoms with Crippen LogP contribution in [0, 0.1) is 10.1 Å². The second-order valence-electron chi connectivity index (χ2n) is 5.96. The molecule has 136 valence electrons. The molecule has 2 aromatic carbocycles. The molecule has 1 aliphatic heterocycles. The van der Waals surface area contributed by atoms with Crippen LogP contribution in [0.1, 0.15) is 17.2 Å². The Morgan fingerprint density at radius 1 is 1.19 bits per heavy atom. The molecule has 1 heterocycles. The summed E-state index contributed by atoms with van der Waals surface area (Å²) < 4.78 is 0. The van der Waals surface area contributed by atoms with Crippen molar-refractivity contribution in [2.24, 2.45) is 0 Å². The summed E-state index contributed by atoms with van der Waals surface area (Å²) >= 11 is 0. The van der Waals surface area contributed by atoms with Gasteiger partial charge in [-0.25, -0.2) is 0 Å².